The van der Waals surface area contributed by atoms with Gasteiger partial charge in [-0.15, -0.1) is 0 Å². The van der Waals surface area contributed by atoms with E-state index in [9.17, 15) is 5.11 Å². The molecule has 2 heteroatoms. The Balaban J connectivity index is 2.72. The molecule has 0 aromatic heterocycles. The summed E-state index contributed by atoms with van der Waals surface area (Å²) in [5, 5.41) is 9.52. The van der Waals surface area contributed by atoms with Crippen LogP contribution in [-0.4, -0.2) is 17.7 Å². The first-order chi connectivity index (χ1) is 8.56. The second kappa shape index (κ2) is 7.42. The van der Waals surface area contributed by atoms with Crippen molar-refractivity contribution < 1.29 is 5.11 Å². The van der Waals surface area contributed by atoms with E-state index in [4.69, 9.17) is 0 Å². The topological polar surface area (TPSA) is 23.5 Å². The summed E-state index contributed by atoms with van der Waals surface area (Å²) in [6, 6.07) is 8.80. The van der Waals surface area contributed by atoms with Gasteiger partial charge in [0.25, 0.3) is 0 Å². The summed E-state index contributed by atoms with van der Waals surface area (Å²) < 4.78 is 0. The number of hydrogen-bond acceptors (Lipinski definition) is 2. The van der Waals surface area contributed by atoms with Gasteiger partial charge in [0.1, 0.15) is 0 Å². The van der Waals surface area contributed by atoms with Crippen molar-refractivity contribution >= 4 is 5.69 Å². The summed E-state index contributed by atoms with van der Waals surface area (Å²) in [7, 11) is 0. The van der Waals surface area contributed by atoms with Crippen molar-refractivity contribution in [3.05, 3.63) is 29.8 Å². The van der Waals surface area contributed by atoms with Crippen molar-refractivity contribution in [3.63, 3.8) is 0 Å². The van der Waals surface area contributed by atoms with Gasteiger partial charge in [-0.25, -0.2) is 0 Å². The van der Waals surface area contributed by atoms with Crippen LogP contribution in [0.25, 0.3) is 0 Å². The lowest BCUT2D eigenvalue weighted by atomic mass is 10.1. The Kier molecular flexibility index (Phi) is 6.20. The summed E-state index contributed by atoms with van der Waals surface area (Å²) in [6.45, 7) is 9.61. The molecule has 1 aromatic rings. The van der Waals surface area contributed by atoms with Gasteiger partial charge in [0, 0.05) is 18.3 Å². The Hall–Kier alpha value is -1.02. The van der Waals surface area contributed by atoms with E-state index < -0.39 is 0 Å². The number of unbranched alkanes of at least 4 members (excludes halogenated alkanes) is 2. The molecule has 0 fully saturated rings. The molecular formula is C16H27NO. The van der Waals surface area contributed by atoms with Crippen LogP contribution in [0.1, 0.15) is 58.6 Å². The lowest BCUT2D eigenvalue weighted by molar-refractivity contribution is 0.199. The van der Waals surface area contributed by atoms with Gasteiger partial charge in [0.15, 0.2) is 0 Å². The average molecular weight is 249 g/mol. The highest BCUT2D eigenvalue weighted by Gasteiger charge is 2.10. The van der Waals surface area contributed by atoms with E-state index >= 15 is 0 Å². The smallest absolute Gasteiger partial charge is 0.0761 e. The summed E-state index contributed by atoms with van der Waals surface area (Å²) in [4.78, 5) is 2.43. The van der Waals surface area contributed by atoms with Gasteiger partial charge in [0.2, 0.25) is 0 Å². The molecule has 0 spiro atoms. The van der Waals surface area contributed by atoms with Crippen LogP contribution in [0.4, 0.5) is 5.69 Å². The van der Waals surface area contributed by atoms with E-state index in [-0.39, 0.29) is 6.10 Å². The molecule has 1 rings (SSSR count). The minimum atomic E-state index is -0.383. The van der Waals surface area contributed by atoms with Crippen molar-refractivity contribution in [3.8, 4) is 0 Å². The molecule has 0 saturated heterocycles. The van der Waals surface area contributed by atoms with Crippen LogP contribution in [-0.2, 0) is 0 Å². The van der Waals surface area contributed by atoms with Crippen molar-refractivity contribution in [2.24, 2.45) is 0 Å². The first-order valence-electron chi connectivity index (χ1n) is 7.11. The third kappa shape index (κ3) is 4.34. The monoisotopic (exact) mass is 249 g/mol. The van der Waals surface area contributed by atoms with Gasteiger partial charge in [0.05, 0.1) is 6.10 Å². The number of rotatable bonds is 7. The van der Waals surface area contributed by atoms with Crippen LogP contribution in [0.3, 0.4) is 0 Å². The van der Waals surface area contributed by atoms with E-state index in [1.54, 1.807) is 6.92 Å². The van der Waals surface area contributed by atoms with Gasteiger partial charge in [-0.2, -0.15) is 0 Å². The highest BCUT2D eigenvalue weighted by atomic mass is 16.3. The van der Waals surface area contributed by atoms with Crippen LogP contribution >= 0.6 is 0 Å². The summed E-state index contributed by atoms with van der Waals surface area (Å²) in [5.41, 5.74) is 2.24. The van der Waals surface area contributed by atoms with Gasteiger partial charge in [-0.1, -0.05) is 31.9 Å². The third-order valence-corrected chi connectivity index (χ3v) is 3.33. The molecule has 0 saturated carbocycles. The lowest BCUT2D eigenvalue weighted by Gasteiger charge is -2.29. The zero-order valence-corrected chi connectivity index (χ0v) is 12.2. The number of nitrogens with zero attached hydrogens (tertiary/aromatic N) is 1. The largest absolute Gasteiger partial charge is 0.389 e. The van der Waals surface area contributed by atoms with Crippen LogP contribution in [0, 0.1) is 0 Å². The normalized spacial score (nSPS) is 12.8. The highest BCUT2D eigenvalue weighted by molar-refractivity contribution is 5.48. The van der Waals surface area contributed by atoms with E-state index in [0.29, 0.717) is 6.04 Å². The van der Waals surface area contributed by atoms with Gasteiger partial charge in [-0.05, 0) is 44.9 Å². The second-order valence-electron chi connectivity index (χ2n) is 5.26. The van der Waals surface area contributed by atoms with E-state index in [0.717, 1.165) is 12.1 Å². The molecule has 18 heavy (non-hydrogen) atoms. The van der Waals surface area contributed by atoms with Crippen LogP contribution < -0.4 is 4.90 Å². The van der Waals surface area contributed by atoms with Crippen LogP contribution in [0.2, 0.25) is 0 Å². The molecule has 0 radical (unpaired) electrons. The number of aliphatic hydroxyl groups excluding tert-OH is 1. The highest BCUT2D eigenvalue weighted by Crippen LogP contribution is 2.21. The van der Waals surface area contributed by atoms with Crippen LogP contribution in [0.5, 0.6) is 0 Å². The maximum atomic E-state index is 9.52. The number of benzene rings is 1. The second-order valence-corrected chi connectivity index (χ2v) is 5.26. The standard InChI is InChI=1S/C16H27NO/c1-5-6-7-12-17(13(2)3)16-10-8-15(9-11-16)14(4)18/h8-11,13-14,18H,5-7,12H2,1-4H3. The fourth-order valence-electron chi connectivity index (χ4n) is 2.16. The molecule has 0 aliphatic rings. The number of hydrogen-bond donors (Lipinski definition) is 1. The minimum absolute atomic E-state index is 0.383. The molecule has 0 amide bonds. The quantitative estimate of drug-likeness (QED) is 0.734. The number of aliphatic hydroxyl groups is 1. The third-order valence-electron chi connectivity index (χ3n) is 3.33. The van der Waals surface area contributed by atoms with Gasteiger partial charge >= 0.3 is 0 Å². The molecule has 1 aromatic carbocycles. The Morgan fingerprint density at radius 1 is 1.06 bits per heavy atom. The molecule has 0 heterocycles. The zero-order chi connectivity index (χ0) is 13.5. The minimum Gasteiger partial charge on any atom is -0.389 e. The molecule has 2 nitrogen and oxygen atoms in total. The predicted octanol–water partition coefficient (Wildman–Crippen LogP) is 4.14. The Morgan fingerprint density at radius 3 is 2.11 bits per heavy atom. The van der Waals surface area contributed by atoms with E-state index in [1.165, 1.54) is 24.9 Å². The molecule has 1 atom stereocenters. The molecule has 102 valence electrons. The zero-order valence-electron chi connectivity index (χ0n) is 12.2. The first kappa shape index (κ1) is 15.0. The molecule has 1 N–H and O–H groups in total. The summed E-state index contributed by atoms with van der Waals surface area (Å²) in [5.74, 6) is 0. The van der Waals surface area contributed by atoms with Gasteiger partial charge < -0.3 is 10.0 Å². The fourth-order valence-corrected chi connectivity index (χ4v) is 2.16. The lowest BCUT2D eigenvalue weighted by Crippen LogP contribution is -2.31. The summed E-state index contributed by atoms with van der Waals surface area (Å²) >= 11 is 0. The molecular weight excluding hydrogens is 222 g/mol. The average Bonchev–Trinajstić information content (AvgIpc) is 2.34. The number of anilines is 1. The Bertz CT molecular complexity index is 329. The summed E-state index contributed by atoms with van der Waals surface area (Å²) in [6.07, 6.45) is 3.40. The van der Waals surface area contributed by atoms with Crippen molar-refractivity contribution in [2.75, 3.05) is 11.4 Å². The Labute approximate surface area is 112 Å². The van der Waals surface area contributed by atoms with Gasteiger partial charge in [-0.3, -0.25) is 0 Å². The van der Waals surface area contributed by atoms with Crippen molar-refractivity contribution in [1.29, 1.82) is 0 Å². The van der Waals surface area contributed by atoms with E-state index in [1.807, 2.05) is 12.1 Å². The SMILES string of the molecule is CCCCCN(c1ccc(C(C)O)cc1)C(C)C. The molecule has 0 bridgehead atoms. The molecule has 0 aliphatic heterocycles. The Morgan fingerprint density at radius 2 is 1.67 bits per heavy atom. The molecule has 1 unspecified atom stereocenters. The van der Waals surface area contributed by atoms with Crippen molar-refractivity contribution in [2.45, 2.75) is 59.1 Å². The van der Waals surface area contributed by atoms with E-state index in [2.05, 4.69) is 37.8 Å². The molecule has 0 aliphatic carbocycles. The maximum absolute atomic E-state index is 9.52. The fraction of sp³-hybridized carbons (Fsp3) is 0.625. The first-order valence-corrected chi connectivity index (χ1v) is 7.11. The van der Waals surface area contributed by atoms with Crippen LogP contribution in [0.15, 0.2) is 24.3 Å². The predicted molar refractivity (Wildman–Crippen MR) is 79.1 cm³/mol. The maximum Gasteiger partial charge on any atom is 0.0761 e. The van der Waals surface area contributed by atoms with Crippen molar-refractivity contribution in [1.82, 2.24) is 0 Å².